The van der Waals surface area contributed by atoms with Crippen molar-refractivity contribution >= 4 is 22.8 Å². The number of benzene rings is 2. The minimum absolute atomic E-state index is 0.239. The van der Waals surface area contributed by atoms with Gasteiger partial charge in [0.2, 0.25) is 0 Å². The fraction of sp³-hybridized carbons (Fsp3) is 0.150. The lowest BCUT2D eigenvalue weighted by atomic mass is 10.1. The number of hydrogen-bond donors (Lipinski definition) is 0. The lowest BCUT2D eigenvalue weighted by molar-refractivity contribution is 0.624. The first-order valence-electron chi connectivity index (χ1n) is 8.46. The Morgan fingerprint density at radius 2 is 1.89 bits per heavy atom. The molecule has 0 N–H and O–H groups in total. The van der Waals surface area contributed by atoms with Gasteiger partial charge in [0.05, 0.1) is 12.0 Å². The Morgan fingerprint density at radius 1 is 1.11 bits per heavy atom. The van der Waals surface area contributed by atoms with Crippen molar-refractivity contribution in [2.75, 3.05) is 0 Å². The van der Waals surface area contributed by atoms with Gasteiger partial charge in [-0.2, -0.15) is 0 Å². The van der Waals surface area contributed by atoms with Crippen molar-refractivity contribution in [2.45, 2.75) is 12.8 Å². The number of halogens is 2. The third-order valence-corrected chi connectivity index (χ3v) is 4.67. The van der Waals surface area contributed by atoms with Gasteiger partial charge in [-0.3, -0.25) is 9.36 Å². The van der Waals surface area contributed by atoms with E-state index in [9.17, 15) is 9.18 Å². The zero-order chi connectivity index (χ0) is 19.0. The van der Waals surface area contributed by atoms with Crippen molar-refractivity contribution in [3.8, 4) is 5.69 Å². The summed E-state index contributed by atoms with van der Waals surface area (Å²) in [4.78, 5) is 21.9. The van der Waals surface area contributed by atoms with Crippen LogP contribution in [-0.2, 0) is 19.9 Å². The first-order valence-corrected chi connectivity index (χ1v) is 8.84. The number of aromatic nitrogens is 4. The number of rotatable bonds is 4. The standard InChI is InChI=1S/C20H16ClFN4O/c1-25-12-23-18-19(25)24-17(10-5-13-3-2-4-15(22)11-13)26(20(18)27)16-8-6-14(21)7-9-16/h2-4,6-9,11-12H,5,10H2,1H3. The summed E-state index contributed by atoms with van der Waals surface area (Å²) in [6, 6.07) is 13.4. The van der Waals surface area contributed by atoms with E-state index in [1.54, 1.807) is 52.8 Å². The van der Waals surface area contributed by atoms with E-state index >= 15 is 0 Å². The third kappa shape index (κ3) is 3.36. The van der Waals surface area contributed by atoms with Crippen molar-refractivity contribution in [1.29, 1.82) is 0 Å². The van der Waals surface area contributed by atoms with Gasteiger partial charge in [0.1, 0.15) is 11.6 Å². The van der Waals surface area contributed by atoms with E-state index in [0.29, 0.717) is 40.5 Å². The number of fused-ring (bicyclic) bond motifs is 1. The van der Waals surface area contributed by atoms with E-state index in [2.05, 4.69) is 9.97 Å². The molecule has 27 heavy (non-hydrogen) atoms. The average Bonchev–Trinajstić information content (AvgIpc) is 3.02. The molecule has 2 aromatic heterocycles. The van der Waals surface area contributed by atoms with Crippen LogP contribution in [0, 0.1) is 5.82 Å². The number of imidazole rings is 1. The fourth-order valence-corrected chi connectivity index (χ4v) is 3.20. The van der Waals surface area contributed by atoms with Crippen molar-refractivity contribution in [2.24, 2.45) is 7.05 Å². The van der Waals surface area contributed by atoms with Gasteiger partial charge in [0.15, 0.2) is 11.2 Å². The molecule has 136 valence electrons. The van der Waals surface area contributed by atoms with Gasteiger partial charge in [-0.05, 0) is 48.4 Å². The highest BCUT2D eigenvalue weighted by Crippen LogP contribution is 2.17. The molecule has 0 amide bonds. The monoisotopic (exact) mass is 382 g/mol. The van der Waals surface area contributed by atoms with Crippen molar-refractivity contribution in [3.05, 3.63) is 87.4 Å². The fourth-order valence-electron chi connectivity index (χ4n) is 3.07. The van der Waals surface area contributed by atoms with Crippen LogP contribution in [-0.4, -0.2) is 19.1 Å². The molecule has 4 aromatic rings. The topological polar surface area (TPSA) is 52.7 Å². The zero-order valence-corrected chi connectivity index (χ0v) is 15.3. The summed E-state index contributed by atoms with van der Waals surface area (Å²) >= 11 is 5.98. The molecule has 0 aliphatic rings. The minimum Gasteiger partial charge on any atom is -0.318 e. The highest BCUT2D eigenvalue weighted by atomic mass is 35.5. The van der Waals surface area contributed by atoms with Crippen molar-refractivity contribution < 1.29 is 4.39 Å². The van der Waals surface area contributed by atoms with E-state index in [4.69, 9.17) is 11.6 Å². The summed E-state index contributed by atoms with van der Waals surface area (Å²) < 4.78 is 16.7. The van der Waals surface area contributed by atoms with Gasteiger partial charge in [-0.1, -0.05) is 23.7 Å². The average molecular weight is 383 g/mol. The summed E-state index contributed by atoms with van der Waals surface area (Å²) in [5, 5.41) is 0.583. The molecule has 5 nitrogen and oxygen atoms in total. The van der Waals surface area contributed by atoms with Crippen LogP contribution in [0.2, 0.25) is 5.02 Å². The molecule has 0 atom stereocenters. The second kappa shape index (κ2) is 6.96. The lowest BCUT2D eigenvalue weighted by Gasteiger charge is -2.13. The van der Waals surface area contributed by atoms with E-state index in [0.717, 1.165) is 5.56 Å². The van der Waals surface area contributed by atoms with Crippen LogP contribution in [0.4, 0.5) is 4.39 Å². The lowest BCUT2D eigenvalue weighted by Crippen LogP contribution is -2.24. The first-order chi connectivity index (χ1) is 13.0. The van der Waals surface area contributed by atoms with Crippen LogP contribution in [0.3, 0.4) is 0 Å². The van der Waals surface area contributed by atoms with E-state index < -0.39 is 0 Å². The van der Waals surface area contributed by atoms with Gasteiger partial charge in [-0.15, -0.1) is 0 Å². The molecule has 2 heterocycles. The maximum atomic E-state index is 13.5. The number of nitrogens with zero attached hydrogens (tertiary/aromatic N) is 4. The highest BCUT2D eigenvalue weighted by molar-refractivity contribution is 6.30. The van der Waals surface area contributed by atoms with Gasteiger partial charge in [0, 0.05) is 18.5 Å². The molecular weight excluding hydrogens is 367 g/mol. The Bertz CT molecular complexity index is 1180. The smallest absolute Gasteiger partial charge is 0.286 e. The largest absolute Gasteiger partial charge is 0.318 e. The van der Waals surface area contributed by atoms with Gasteiger partial charge < -0.3 is 4.57 Å². The highest BCUT2D eigenvalue weighted by Gasteiger charge is 2.16. The quantitative estimate of drug-likeness (QED) is 0.541. The zero-order valence-electron chi connectivity index (χ0n) is 14.6. The van der Waals surface area contributed by atoms with Crippen LogP contribution in [0.5, 0.6) is 0 Å². The molecule has 0 aliphatic heterocycles. The second-order valence-electron chi connectivity index (χ2n) is 6.30. The number of hydrogen-bond acceptors (Lipinski definition) is 3. The molecule has 7 heteroatoms. The Kier molecular flexibility index (Phi) is 4.49. The van der Waals surface area contributed by atoms with E-state index in [1.807, 2.05) is 6.07 Å². The Hall–Kier alpha value is -2.99. The van der Waals surface area contributed by atoms with Gasteiger partial charge in [0.25, 0.3) is 5.56 Å². The van der Waals surface area contributed by atoms with Crippen LogP contribution in [0.25, 0.3) is 16.9 Å². The summed E-state index contributed by atoms with van der Waals surface area (Å²) in [5.74, 6) is 0.306. The Balaban J connectivity index is 1.83. The van der Waals surface area contributed by atoms with Crippen LogP contribution in [0.1, 0.15) is 11.4 Å². The molecule has 0 fully saturated rings. The predicted molar refractivity (Wildman–Crippen MR) is 103 cm³/mol. The molecule has 0 radical (unpaired) electrons. The first kappa shape index (κ1) is 17.4. The minimum atomic E-state index is -0.280. The molecule has 0 saturated carbocycles. The predicted octanol–water partition coefficient (Wildman–Crippen LogP) is 3.70. The summed E-state index contributed by atoms with van der Waals surface area (Å²) in [6.07, 6.45) is 2.60. The molecule has 0 saturated heterocycles. The second-order valence-corrected chi connectivity index (χ2v) is 6.74. The summed E-state index contributed by atoms with van der Waals surface area (Å²) in [5.41, 5.74) is 2.11. The van der Waals surface area contributed by atoms with Gasteiger partial charge in [-0.25, -0.2) is 14.4 Å². The van der Waals surface area contributed by atoms with Crippen molar-refractivity contribution in [1.82, 2.24) is 19.1 Å². The molecule has 0 bridgehead atoms. The molecular formula is C20H16ClFN4O. The molecule has 2 aromatic carbocycles. The maximum absolute atomic E-state index is 13.5. The Labute approximate surface area is 159 Å². The SMILES string of the molecule is Cn1cnc2c(=O)n(-c3ccc(Cl)cc3)c(CCc3cccc(F)c3)nc21. The third-order valence-electron chi connectivity index (χ3n) is 4.42. The number of aryl methyl sites for hydroxylation is 3. The molecule has 0 aliphatic carbocycles. The summed E-state index contributed by atoms with van der Waals surface area (Å²) in [7, 11) is 1.80. The van der Waals surface area contributed by atoms with E-state index in [-0.39, 0.29) is 11.4 Å². The maximum Gasteiger partial charge on any atom is 0.286 e. The molecule has 0 spiro atoms. The van der Waals surface area contributed by atoms with Crippen LogP contribution in [0.15, 0.2) is 59.7 Å². The summed E-state index contributed by atoms with van der Waals surface area (Å²) in [6.45, 7) is 0. The van der Waals surface area contributed by atoms with Crippen LogP contribution >= 0.6 is 11.6 Å². The van der Waals surface area contributed by atoms with Crippen LogP contribution < -0.4 is 5.56 Å². The molecule has 0 unspecified atom stereocenters. The van der Waals surface area contributed by atoms with Gasteiger partial charge >= 0.3 is 0 Å². The molecule has 4 rings (SSSR count). The van der Waals surface area contributed by atoms with E-state index in [1.165, 1.54) is 12.1 Å². The Morgan fingerprint density at radius 3 is 2.63 bits per heavy atom. The van der Waals surface area contributed by atoms with Crippen molar-refractivity contribution in [3.63, 3.8) is 0 Å². The normalized spacial score (nSPS) is 11.2.